The van der Waals surface area contributed by atoms with E-state index in [0.717, 1.165) is 6.42 Å². The van der Waals surface area contributed by atoms with Crippen LogP contribution in [0.2, 0.25) is 0 Å². The summed E-state index contributed by atoms with van der Waals surface area (Å²) in [5.74, 6) is 0.449. The molecule has 0 bridgehead atoms. The van der Waals surface area contributed by atoms with Gasteiger partial charge in [-0.1, -0.05) is 19.0 Å². The van der Waals surface area contributed by atoms with E-state index < -0.39 is 24.4 Å². The molecule has 118 valence electrons. The van der Waals surface area contributed by atoms with Crippen LogP contribution in [0, 0.1) is 34.0 Å². The average Bonchev–Trinajstić information content (AvgIpc) is 2.38. The van der Waals surface area contributed by atoms with Crippen molar-refractivity contribution in [1.82, 2.24) is 0 Å². The number of alkyl halides is 3. The van der Waals surface area contributed by atoms with Gasteiger partial charge in [-0.15, -0.1) is 0 Å². The van der Waals surface area contributed by atoms with Crippen molar-refractivity contribution >= 4 is 5.71 Å². The van der Waals surface area contributed by atoms with Gasteiger partial charge in [0, 0.05) is 12.8 Å². The topological polar surface area (TPSA) is 69.2 Å². The Labute approximate surface area is 123 Å². The van der Waals surface area contributed by atoms with E-state index in [-0.39, 0.29) is 6.42 Å². The molecule has 0 unspecified atom stereocenters. The highest BCUT2D eigenvalue weighted by Gasteiger charge is 2.37. The van der Waals surface area contributed by atoms with Crippen molar-refractivity contribution in [2.45, 2.75) is 52.6 Å². The van der Waals surface area contributed by atoms with E-state index in [1.165, 1.54) is 6.92 Å². The predicted octanol–water partition coefficient (Wildman–Crippen LogP) is 4.19. The van der Waals surface area contributed by atoms with Gasteiger partial charge in [-0.25, -0.2) is 0 Å². The van der Waals surface area contributed by atoms with Crippen LogP contribution in [0.1, 0.15) is 46.5 Å². The summed E-state index contributed by atoms with van der Waals surface area (Å²) in [5, 5.41) is 21.8. The van der Waals surface area contributed by atoms with Crippen LogP contribution in [0.4, 0.5) is 13.2 Å². The van der Waals surface area contributed by atoms with Crippen molar-refractivity contribution < 1.29 is 18.0 Å². The van der Waals surface area contributed by atoms with Crippen LogP contribution in [-0.4, -0.2) is 18.5 Å². The Kier molecular flexibility index (Phi) is 7.80. The van der Waals surface area contributed by atoms with E-state index >= 15 is 0 Å². The minimum Gasteiger partial charge on any atom is -0.396 e. The van der Waals surface area contributed by atoms with Gasteiger partial charge in [-0.05, 0) is 25.7 Å². The molecule has 0 rings (SSSR count). The van der Waals surface area contributed by atoms with Gasteiger partial charge in [-0.2, -0.15) is 23.7 Å². The fourth-order valence-electron chi connectivity index (χ4n) is 1.57. The molecule has 7 heteroatoms. The van der Waals surface area contributed by atoms with Gasteiger partial charge in [0.1, 0.15) is 12.0 Å². The monoisotopic (exact) mass is 303 g/mol. The quantitative estimate of drug-likeness (QED) is 0.383. The lowest BCUT2D eigenvalue weighted by Gasteiger charge is -2.19. The highest BCUT2D eigenvalue weighted by molar-refractivity contribution is 5.82. The highest BCUT2D eigenvalue weighted by Crippen LogP contribution is 2.33. The van der Waals surface area contributed by atoms with Crippen molar-refractivity contribution in [3.05, 3.63) is 0 Å². The van der Waals surface area contributed by atoms with Gasteiger partial charge in [0.25, 0.3) is 0 Å². The van der Waals surface area contributed by atoms with E-state index in [1.54, 1.807) is 12.1 Å². The Morgan fingerprint density at radius 2 is 1.76 bits per heavy atom. The Hall–Kier alpha value is -1.76. The first-order valence-electron chi connectivity index (χ1n) is 6.69. The number of hydrogen-bond acceptors (Lipinski definition) is 4. The van der Waals surface area contributed by atoms with Gasteiger partial charge in [-0.3, -0.25) is 0 Å². The van der Waals surface area contributed by atoms with Crippen molar-refractivity contribution in [3.8, 4) is 12.1 Å². The second kappa shape index (κ2) is 8.51. The summed E-state index contributed by atoms with van der Waals surface area (Å²) in [6.45, 7) is 5.97. The molecule has 0 saturated heterocycles. The first kappa shape index (κ1) is 19.2. The summed E-state index contributed by atoms with van der Waals surface area (Å²) < 4.78 is 36.7. The molecule has 0 aliphatic carbocycles. The van der Waals surface area contributed by atoms with E-state index in [0.29, 0.717) is 18.2 Å². The minimum atomic E-state index is -4.39. The summed E-state index contributed by atoms with van der Waals surface area (Å²) >= 11 is 0. The zero-order chi connectivity index (χ0) is 16.5. The zero-order valence-corrected chi connectivity index (χ0v) is 12.5. The third kappa shape index (κ3) is 8.91. The fraction of sp³-hybridized carbons (Fsp3) is 0.786. The second-order valence-electron chi connectivity index (χ2n) is 5.44. The molecule has 0 aliphatic heterocycles. The first-order valence-corrected chi connectivity index (χ1v) is 6.69. The molecule has 0 amide bonds. The molecule has 0 atom stereocenters. The molecule has 0 radical (unpaired) electrons. The molecule has 0 spiro atoms. The maximum atomic E-state index is 12.2. The van der Waals surface area contributed by atoms with E-state index in [4.69, 9.17) is 15.4 Å². The van der Waals surface area contributed by atoms with Crippen LogP contribution in [0.5, 0.6) is 0 Å². The number of rotatable bonds is 8. The molecular weight excluding hydrogens is 283 g/mol. The summed E-state index contributed by atoms with van der Waals surface area (Å²) in [4.78, 5) is 5.03. The van der Waals surface area contributed by atoms with Gasteiger partial charge in [0.15, 0.2) is 0 Å². The Morgan fingerprint density at radius 1 is 1.19 bits per heavy atom. The van der Waals surface area contributed by atoms with Crippen LogP contribution < -0.4 is 0 Å². The molecule has 0 aromatic rings. The van der Waals surface area contributed by atoms with E-state index in [9.17, 15) is 13.2 Å². The highest BCUT2D eigenvalue weighted by atomic mass is 19.4. The average molecular weight is 303 g/mol. The predicted molar refractivity (Wildman–Crippen MR) is 72.1 cm³/mol. The zero-order valence-electron chi connectivity index (χ0n) is 12.5. The lowest BCUT2D eigenvalue weighted by molar-refractivity contribution is -0.138. The fourth-order valence-corrected chi connectivity index (χ4v) is 1.57. The van der Waals surface area contributed by atoms with Gasteiger partial charge >= 0.3 is 6.18 Å². The summed E-state index contributed by atoms with van der Waals surface area (Å²) in [5.41, 5.74) is -1.38. The molecular formula is C14H20F3N3O. The first-order chi connectivity index (χ1) is 9.64. The smallest absolute Gasteiger partial charge is 0.389 e. The van der Waals surface area contributed by atoms with Crippen LogP contribution in [-0.2, 0) is 4.84 Å². The van der Waals surface area contributed by atoms with Gasteiger partial charge < -0.3 is 4.84 Å². The summed E-state index contributed by atoms with van der Waals surface area (Å²) in [7, 11) is 0. The number of halogens is 3. The van der Waals surface area contributed by atoms with Gasteiger partial charge in [0.05, 0.1) is 17.9 Å². The standard InChI is InChI=1S/C14H20F3N3O/c1-11(2)4-7-21-20-12(3)8-13(9-18,10-19)5-6-14(15,16)17/h11H,4-8H2,1-3H3. The van der Waals surface area contributed by atoms with Gasteiger partial charge in [0.2, 0.25) is 0 Å². The molecule has 0 heterocycles. The number of hydrogen-bond donors (Lipinski definition) is 0. The van der Waals surface area contributed by atoms with Crippen molar-refractivity contribution in [2.24, 2.45) is 16.5 Å². The van der Waals surface area contributed by atoms with Crippen LogP contribution in [0.3, 0.4) is 0 Å². The third-order valence-electron chi connectivity index (χ3n) is 2.83. The SMILES string of the molecule is CC(CC(C#N)(C#N)CCC(F)(F)F)=NOCCC(C)C. The Bertz CT molecular complexity index is 416. The molecule has 21 heavy (non-hydrogen) atoms. The molecule has 0 N–H and O–H groups in total. The minimum absolute atomic E-state index is 0.155. The van der Waals surface area contributed by atoms with Crippen LogP contribution in [0.25, 0.3) is 0 Å². The summed E-state index contributed by atoms with van der Waals surface area (Å²) in [6.07, 6.45) is -5.49. The van der Waals surface area contributed by atoms with Crippen LogP contribution >= 0.6 is 0 Å². The Morgan fingerprint density at radius 3 is 2.19 bits per heavy atom. The molecule has 0 aromatic carbocycles. The van der Waals surface area contributed by atoms with Crippen molar-refractivity contribution in [3.63, 3.8) is 0 Å². The molecule has 0 saturated carbocycles. The number of nitrogens with zero attached hydrogens (tertiary/aromatic N) is 3. The van der Waals surface area contributed by atoms with E-state index in [1.807, 2.05) is 13.8 Å². The third-order valence-corrected chi connectivity index (χ3v) is 2.83. The second-order valence-corrected chi connectivity index (χ2v) is 5.44. The normalized spacial score (nSPS) is 12.9. The molecule has 0 aliphatic rings. The van der Waals surface area contributed by atoms with Crippen molar-refractivity contribution in [1.29, 1.82) is 10.5 Å². The molecule has 0 fully saturated rings. The number of oxime groups is 1. The maximum absolute atomic E-state index is 12.2. The Balaban J connectivity index is 4.59. The summed E-state index contributed by atoms with van der Waals surface area (Å²) in [6, 6.07) is 3.36. The largest absolute Gasteiger partial charge is 0.396 e. The van der Waals surface area contributed by atoms with Crippen molar-refractivity contribution in [2.75, 3.05) is 6.61 Å². The lowest BCUT2D eigenvalue weighted by Crippen LogP contribution is -2.23. The lowest BCUT2D eigenvalue weighted by atomic mass is 9.81. The number of nitriles is 2. The maximum Gasteiger partial charge on any atom is 0.389 e. The van der Waals surface area contributed by atoms with E-state index in [2.05, 4.69) is 5.16 Å². The molecule has 0 aromatic heterocycles. The molecule has 4 nitrogen and oxygen atoms in total. The van der Waals surface area contributed by atoms with Crippen LogP contribution in [0.15, 0.2) is 5.16 Å².